The third kappa shape index (κ3) is 3.30. The van der Waals surface area contributed by atoms with Gasteiger partial charge < -0.3 is 20.1 Å². The van der Waals surface area contributed by atoms with Crippen LogP contribution in [0.1, 0.15) is 38.5 Å². The number of rotatable bonds is 7. The van der Waals surface area contributed by atoms with E-state index in [0.717, 1.165) is 32.6 Å². The second kappa shape index (κ2) is 5.68. The minimum Gasteiger partial charge on any atom is -0.394 e. The Bertz CT molecular complexity index is 299. The fourth-order valence-electron chi connectivity index (χ4n) is 3.49. The molecule has 1 atom stereocenters. The van der Waals surface area contributed by atoms with Gasteiger partial charge in [-0.2, -0.15) is 0 Å². The van der Waals surface area contributed by atoms with Crippen LogP contribution in [0.5, 0.6) is 0 Å². The molecule has 3 fully saturated rings. The monoisotopic (exact) mass is 268 g/mol. The molecule has 2 saturated carbocycles. The Morgan fingerprint density at radius 2 is 1.84 bits per heavy atom. The first-order valence-electron chi connectivity index (χ1n) is 7.90. The summed E-state index contributed by atoms with van der Waals surface area (Å²) in [5, 5.41) is 13.8. The lowest BCUT2D eigenvalue weighted by atomic mass is 9.91. The van der Waals surface area contributed by atoms with Crippen LogP contribution >= 0.6 is 0 Å². The number of hydrogen-bond donors (Lipinski definition) is 2. The zero-order chi connectivity index (χ0) is 13.3. The molecule has 4 nitrogen and oxygen atoms in total. The highest BCUT2D eigenvalue weighted by Gasteiger charge is 2.48. The highest BCUT2D eigenvalue weighted by molar-refractivity contribution is 5.06. The summed E-state index contributed by atoms with van der Waals surface area (Å²) in [5.41, 5.74) is -0.0474. The second-order valence-electron chi connectivity index (χ2n) is 6.77. The van der Waals surface area contributed by atoms with Crippen LogP contribution < -0.4 is 5.32 Å². The van der Waals surface area contributed by atoms with Gasteiger partial charge in [0.1, 0.15) is 0 Å². The highest BCUT2D eigenvalue weighted by atomic mass is 16.5. The van der Waals surface area contributed by atoms with E-state index in [0.29, 0.717) is 18.0 Å². The van der Waals surface area contributed by atoms with Crippen LogP contribution in [0.25, 0.3) is 0 Å². The molecule has 0 bridgehead atoms. The van der Waals surface area contributed by atoms with Gasteiger partial charge in [0.05, 0.1) is 12.1 Å². The van der Waals surface area contributed by atoms with E-state index in [1.807, 2.05) is 0 Å². The molecule has 0 spiro atoms. The van der Waals surface area contributed by atoms with E-state index >= 15 is 0 Å². The van der Waals surface area contributed by atoms with Crippen molar-refractivity contribution in [2.24, 2.45) is 5.92 Å². The minimum absolute atomic E-state index is 0.0474. The van der Waals surface area contributed by atoms with Crippen LogP contribution in [0.2, 0.25) is 0 Å². The van der Waals surface area contributed by atoms with Gasteiger partial charge in [-0.15, -0.1) is 0 Å². The van der Waals surface area contributed by atoms with Gasteiger partial charge >= 0.3 is 0 Å². The maximum atomic E-state index is 10.00. The van der Waals surface area contributed by atoms with E-state index in [2.05, 4.69) is 17.3 Å². The number of nitrogens with zero attached hydrogens (tertiary/aromatic N) is 1. The third-order valence-corrected chi connectivity index (χ3v) is 5.06. The van der Waals surface area contributed by atoms with E-state index < -0.39 is 0 Å². The number of aliphatic hydroxyl groups is 1. The first-order valence-corrected chi connectivity index (χ1v) is 7.90. The van der Waals surface area contributed by atoms with E-state index in [-0.39, 0.29) is 12.1 Å². The standard InChI is InChI=1S/C15H28N2O2/c1-17(14-6-8-19-9-7-14)10-15(11-18,12-2-3-12)16-13-4-5-13/h12-14,16,18H,2-11H2,1H3. The summed E-state index contributed by atoms with van der Waals surface area (Å²) in [6, 6.07) is 1.29. The topological polar surface area (TPSA) is 44.7 Å². The second-order valence-corrected chi connectivity index (χ2v) is 6.77. The Labute approximate surface area is 116 Å². The van der Waals surface area contributed by atoms with E-state index in [1.165, 1.54) is 25.7 Å². The van der Waals surface area contributed by atoms with Crippen molar-refractivity contribution in [1.82, 2.24) is 10.2 Å². The Kier molecular flexibility index (Phi) is 4.13. The average Bonchev–Trinajstić information content (AvgIpc) is 3.31. The number of hydrogen-bond acceptors (Lipinski definition) is 4. The van der Waals surface area contributed by atoms with Crippen molar-refractivity contribution >= 4 is 0 Å². The highest BCUT2D eigenvalue weighted by Crippen LogP contribution is 2.42. The smallest absolute Gasteiger partial charge is 0.0628 e. The Morgan fingerprint density at radius 3 is 2.37 bits per heavy atom. The van der Waals surface area contributed by atoms with E-state index in [4.69, 9.17) is 4.74 Å². The molecule has 3 rings (SSSR count). The van der Waals surface area contributed by atoms with Gasteiger partial charge in [-0.25, -0.2) is 0 Å². The van der Waals surface area contributed by atoms with Crippen molar-refractivity contribution < 1.29 is 9.84 Å². The van der Waals surface area contributed by atoms with Crippen LogP contribution in [-0.2, 0) is 4.74 Å². The number of ether oxygens (including phenoxy) is 1. The molecule has 19 heavy (non-hydrogen) atoms. The largest absolute Gasteiger partial charge is 0.394 e. The Morgan fingerprint density at radius 1 is 1.16 bits per heavy atom. The summed E-state index contributed by atoms with van der Waals surface area (Å²) < 4.78 is 5.45. The average molecular weight is 268 g/mol. The number of likely N-dealkylation sites (N-methyl/N-ethyl adjacent to an activating group) is 1. The maximum absolute atomic E-state index is 10.00. The van der Waals surface area contributed by atoms with Gasteiger partial charge in [-0.3, -0.25) is 0 Å². The molecule has 1 unspecified atom stereocenters. The molecule has 1 heterocycles. The zero-order valence-electron chi connectivity index (χ0n) is 12.1. The van der Waals surface area contributed by atoms with Crippen molar-refractivity contribution in [1.29, 1.82) is 0 Å². The van der Waals surface area contributed by atoms with Gasteiger partial charge in [-0.1, -0.05) is 0 Å². The summed E-state index contributed by atoms with van der Waals surface area (Å²) in [5.74, 6) is 0.681. The lowest BCUT2D eigenvalue weighted by Gasteiger charge is -2.41. The molecule has 3 aliphatic rings. The zero-order valence-corrected chi connectivity index (χ0v) is 12.1. The molecular formula is C15H28N2O2. The van der Waals surface area contributed by atoms with Gasteiger partial charge in [0.15, 0.2) is 0 Å². The number of aliphatic hydroxyl groups excluding tert-OH is 1. The number of nitrogens with one attached hydrogen (secondary N) is 1. The van der Waals surface area contributed by atoms with E-state index in [9.17, 15) is 5.11 Å². The van der Waals surface area contributed by atoms with Crippen molar-refractivity contribution in [2.45, 2.75) is 56.1 Å². The molecular weight excluding hydrogens is 240 g/mol. The van der Waals surface area contributed by atoms with Gasteiger partial charge in [-0.05, 0) is 51.5 Å². The molecule has 0 radical (unpaired) electrons. The Hall–Kier alpha value is -0.160. The molecule has 2 aliphatic carbocycles. The van der Waals surface area contributed by atoms with Crippen molar-refractivity contribution in [3.63, 3.8) is 0 Å². The van der Waals surface area contributed by atoms with Crippen LogP contribution in [0, 0.1) is 5.92 Å². The molecule has 0 aromatic carbocycles. The summed E-state index contributed by atoms with van der Waals surface area (Å²) in [6.07, 6.45) is 7.40. The van der Waals surface area contributed by atoms with Gasteiger partial charge in [0, 0.05) is 31.8 Å². The summed E-state index contributed by atoms with van der Waals surface area (Å²) >= 11 is 0. The van der Waals surface area contributed by atoms with Crippen molar-refractivity contribution in [3.8, 4) is 0 Å². The quantitative estimate of drug-likeness (QED) is 0.723. The first-order chi connectivity index (χ1) is 9.23. The van der Waals surface area contributed by atoms with Crippen LogP contribution in [0.4, 0.5) is 0 Å². The fraction of sp³-hybridized carbons (Fsp3) is 1.00. The summed E-state index contributed by atoms with van der Waals surface area (Å²) in [4.78, 5) is 2.46. The molecule has 0 aromatic rings. The van der Waals surface area contributed by atoms with Crippen LogP contribution in [-0.4, -0.2) is 61.0 Å². The predicted molar refractivity (Wildman–Crippen MR) is 75.2 cm³/mol. The van der Waals surface area contributed by atoms with Gasteiger partial charge in [0.25, 0.3) is 0 Å². The molecule has 0 amide bonds. The van der Waals surface area contributed by atoms with Gasteiger partial charge in [0.2, 0.25) is 0 Å². The van der Waals surface area contributed by atoms with Crippen molar-refractivity contribution in [2.75, 3.05) is 33.4 Å². The van der Waals surface area contributed by atoms with Crippen LogP contribution in [0.15, 0.2) is 0 Å². The molecule has 4 heteroatoms. The molecule has 1 saturated heterocycles. The minimum atomic E-state index is -0.0474. The molecule has 1 aliphatic heterocycles. The fourth-order valence-corrected chi connectivity index (χ4v) is 3.49. The normalized spacial score (nSPS) is 28.6. The van der Waals surface area contributed by atoms with Crippen molar-refractivity contribution in [3.05, 3.63) is 0 Å². The van der Waals surface area contributed by atoms with E-state index in [1.54, 1.807) is 0 Å². The molecule has 110 valence electrons. The lowest BCUT2D eigenvalue weighted by Crippen LogP contribution is -2.59. The lowest BCUT2D eigenvalue weighted by molar-refractivity contribution is 0.0206. The molecule has 2 N–H and O–H groups in total. The Balaban J connectivity index is 1.61. The van der Waals surface area contributed by atoms with Crippen LogP contribution in [0.3, 0.4) is 0 Å². The maximum Gasteiger partial charge on any atom is 0.0628 e. The SMILES string of the molecule is CN(CC(CO)(NC1CC1)C1CC1)C1CCOCC1. The first kappa shape index (κ1) is 13.8. The summed E-state index contributed by atoms with van der Waals surface area (Å²) in [7, 11) is 2.22. The third-order valence-electron chi connectivity index (χ3n) is 5.06. The predicted octanol–water partition coefficient (Wildman–Crippen LogP) is 0.990. The summed E-state index contributed by atoms with van der Waals surface area (Å²) in [6.45, 7) is 3.04. The molecule has 0 aromatic heterocycles.